The van der Waals surface area contributed by atoms with E-state index >= 15 is 0 Å². The van der Waals surface area contributed by atoms with Crippen LogP contribution in [0.1, 0.15) is 38.2 Å². The molecule has 1 aromatic heterocycles. The van der Waals surface area contributed by atoms with E-state index in [-0.39, 0.29) is 6.42 Å². The molecule has 7 heteroatoms. The van der Waals surface area contributed by atoms with Gasteiger partial charge in [0.25, 0.3) is 0 Å². The van der Waals surface area contributed by atoms with Crippen molar-refractivity contribution in [3.8, 4) is 6.19 Å². The van der Waals surface area contributed by atoms with Crippen LogP contribution in [-0.4, -0.2) is 39.6 Å². The minimum Gasteiger partial charge on any atom is -0.481 e. The number of rotatable bonds is 9. The number of unbranched alkanes of at least 4 members (excludes halogenated alkanes) is 2. The third-order valence-corrected chi connectivity index (χ3v) is 4.30. The lowest BCUT2D eigenvalue weighted by atomic mass is 10.2. The van der Waals surface area contributed by atoms with Gasteiger partial charge in [0.05, 0.1) is 5.03 Å². The number of nitrogens with zero attached hydrogens (tertiary/aromatic N) is 4. The molecule has 0 bridgehead atoms. The van der Waals surface area contributed by atoms with Gasteiger partial charge in [0, 0.05) is 26.2 Å². The monoisotopic (exact) mass is 334 g/mol. The second-order valence-electron chi connectivity index (χ2n) is 5.17. The van der Waals surface area contributed by atoms with Crippen molar-refractivity contribution in [2.45, 2.75) is 44.2 Å². The molecular weight excluding hydrogens is 312 g/mol. The molecule has 0 aliphatic rings. The fourth-order valence-electron chi connectivity index (χ4n) is 1.87. The molecule has 0 radical (unpaired) electrons. The molecule has 6 nitrogen and oxygen atoms in total. The van der Waals surface area contributed by atoms with Crippen molar-refractivity contribution in [2.75, 3.05) is 12.8 Å². The van der Waals surface area contributed by atoms with E-state index in [2.05, 4.69) is 9.98 Å². The molecule has 0 atom stereocenters. The molecule has 23 heavy (non-hydrogen) atoms. The maximum Gasteiger partial charge on any atom is 0.303 e. The zero-order valence-electron chi connectivity index (χ0n) is 13.5. The van der Waals surface area contributed by atoms with Crippen molar-refractivity contribution in [3.63, 3.8) is 0 Å². The predicted molar refractivity (Wildman–Crippen MR) is 91.3 cm³/mol. The molecule has 1 rings (SSSR count). The van der Waals surface area contributed by atoms with E-state index < -0.39 is 5.97 Å². The highest BCUT2D eigenvalue weighted by Gasteiger charge is 2.04. The molecule has 0 saturated heterocycles. The number of hydrogen-bond acceptors (Lipinski definition) is 5. The molecule has 1 aromatic rings. The van der Waals surface area contributed by atoms with Gasteiger partial charge in [-0.15, -0.1) is 11.8 Å². The van der Waals surface area contributed by atoms with Crippen LogP contribution >= 0.6 is 11.8 Å². The Hall–Kier alpha value is -2.07. The fourth-order valence-corrected chi connectivity index (χ4v) is 2.72. The number of carboxylic acid groups (broad SMARTS) is 1. The Balaban J connectivity index is 2.32. The number of thioether (sulfide) groups is 1. The average molecular weight is 334 g/mol. The van der Waals surface area contributed by atoms with Crippen molar-refractivity contribution < 1.29 is 9.90 Å². The van der Waals surface area contributed by atoms with Crippen molar-refractivity contribution in [1.82, 2.24) is 9.88 Å². The number of aliphatic imine (C=N–C) groups is 1. The first-order valence-electron chi connectivity index (χ1n) is 7.47. The fraction of sp³-hybridized carbons (Fsp3) is 0.500. The predicted octanol–water partition coefficient (Wildman–Crippen LogP) is 3.15. The molecule has 0 amide bonds. The number of carboxylic acids is 1. The number of hydrogen-bond donors (Lipinski definition) is 1. The first-order chi connectivity index (χ1) is 11.0. The summed E-state index contributed by atoms with van der Waals surface area (Å²) in [7, 11) is 1.88. The summed E-state index contributed by atoms with van der Waals surface area (Å²) in [5.74, 6) is 0.891. The molecule has 0 fully saturated rings. The third kappa shape index (κ3) is 8.21. The lowest BCUT2D eigenvalue weighted by molar-refractivity contribution is -0.137. The number of nitriles is 1. The Morgan fingerprint density at radius 2 is 2.22 bits per heavy atom. The van der Waals surface area contributed by atoms with Crippen LogP contribution in [0, 0.1) is 11.5 Å². The van der Waals surface area contributed by atoms with Crippen LogP contribution in [0.3, 0.4) is 0 Å². The first-order valence-corrected chi connectivity index (χ1v) is 8.45. The van der Waals surface area contributed by atoms with Gasteiger partial charge in [-0.3, -0.25) is 4.79 Å². The summed E-state index contributed by atoms with van der Waals surface area (Å²) in [4.78, 5) is 20.4. The van der Waals surface area contributed by atoms with Gasteiger partial charge in [0.15, 0.2) is 0 Å². The van der Waals surface area contributed by atoms with E-state index in [1.54, 1.807) is 24.9 Å². The Kier molecular flexibility index (Phi) is 8.76. The van der Waals surface area contributed by atoms with E-state index in [9.17, 15) is 4.79 Å². The zero-order chi connectivity index (χ0) is 17.1. The quantitative estimate of drug-likeness (QED) is 0.245. The summed E-state index contributed by atoms with van der Waals surface area (Å²) in [5.41, 5.74) is 1.06. The molecule has 0 saturated carbocycles. The minimum atomic E-state index is -0.727. The van der Waals surface area contributed by atoms with E-state index in [4.69, 9.17) is 10.4 Å². The van der Waals surface area contributed by atoms with Gasteiger partial charge in [-0.25, -0.2) is 4.98 Å². The van der Waals surface area contributed by atoms with E-state index in [1.807, 2.05) is 30.3 Å². The molecule has 0 aliphatic carbocycles. The lowest BCUT2D eigenvalue weighted by Gasteiger charge is -2.17. The van der Waals surface area contributed by atoms with E-state index in [0.717, 1.165) is 35.6 Å². The average Bonchev–Trinajstić information content (AvgIpc) is 2.52. The lowest BCUT2D eigenvalue weighted by Crippen LogP contribution is -2.23. The molecule has 1 N–H and O–H groups in total. The van der Waals surface area contributed by atoms with Crippen molar-refractivity contribution >= 4 is 23.6 Å². The summed E-state index contributed by atoms with van der Waals surface area (Å²) < 4.78 is 0. The van der Waals surface area contributed by atoms with E-state index in [1.165, 1.54) is 0 Å². The highest BCUT2D eigenvalue weighted by Crippen LogP contribution is 2.18. The Labute approximate surface area is 141 Å². The molecule has 124 valence electrons. The standard InChI is InChI=1S/C16H22N4O2S/c1-13(19-12-17)20(2)11-14-7-8-15(18-10-14)23-9-5-3-4-6-16(21)22/h7-8,10H,3-6,9,11H2,1-2H3,(H,21,22). The van der Waals surface area contributed by atoms with Gasteiger partial charge in [0.2, 0.25) is 6.19 Å². The second kappa shape index (κ2) is 10.6. The van der Waals surface area contributed by atoms with Gasteiger partial charge in [-0.05, 0) is 37.1 Å². The first kappa shape index (κ1) is 19.0. The second-order valence-corrected chi connectivity index (χ2v) is 6.29. The van der Waals surface area contributed by atoms with Gasteiger partial charge < -0.3 is 10.0 Å². The normalized spacial score (nSPS) is 11.1. The summed E-state index contributed by atoms with van der Waals surface area (Å²) >= 11 is 1.68. The number of amidine groups is 1. The Bertz CT molecular complexity index is 566. The SMILES string of the molecule is CC(=NC#N)N(C)Cc1ccc(SCCCCCC(=O)O)nc1. The smallest absolute Gasteiger partial charge is 0.303 e. The number of aromatic nitrogens is 1. The number of carbonyl (C=O) groups is 1. The number of pyridine rings is 1. The Morgan fingerprint density at radius 3 is 2.83 bits per heavy atom. The molecule has 0 aromatic carbocycles. The van der Waals surface area contributed by atoms with Crippen molar-refractivity contribution in [2.24, 2.45) is 4.99 Å². The van der Waals surface area contributed by atoms with Gasteiger partial charge >= 0.3 is 5.97 Å². The Morgan fingerprint density at radius 1 is 1.43 bits per heavy atom. The molecular formula is C16H22N4O2S. The van der Waals surface area contributed by atoms with Crippen LogP contribution in [0.25, 0.3) is 0 Å². The van der Waals surface area contributed by atoms with Gasteiger partial charge in [-0.1, -0.05) is 12.5 Å². The van der Waals surface area contributed by atoms with Crippen LogP contribution in [-0.2, 0) is 11.3 Å². The van der Waals surface area contributed by atoms with Crippen LogP contribution in [0.2, 0.25) is 0 Å². The largest absolute Gasteiger partial charge is 0.481 e. The zero-order valence-corrected chi connectivity index (χ0v) is 14.3. The van der Waals surface area contributed by atoms with Crippen LogP contribution in [0.15, 0.2) is 28.3 Å². The highest BCUT2D eigenvalue weighted by molar-refractivity contribution is 7.99. The van der Waals surface area contributed by atoms with Gasteiger partial charge in [-0.2, -0.15) is 10.3 Å². The summed E-state index contributed by atoms with van der Waals surface area (Å²) in [6.07, 6.45) is 6.53. The van der Waals surface area contributed by atoms with Crippen LogP contribution in [0.5, 0.6) is 0 Å². The third-order valence-electron chi connectivity index (χ3n) is 3.27. The molecule has 0 unspecified atom stereocenters. The highest BCUT2D eigenvalue weighted by atomic mass is 32.2. The van der Waals surface area contributed by atoms with E-state index in [0.29, 0.717) is 12.4 Å². The maximum absolute atomic E-state index is 10.4. The minimum absolute atomic E-state index is 0.250. The van der Waals surface area contributed by atoms with Crippen molar-refractivity contribution in [3.05, 3.63) is 23.9 Å². The van der Waals surface area contributed by atoms with Crippen molar-refractivity contribution in [1.29, 1.82) is 5.26 Å². The summed E-state index contributed by atoms with van der Waals surface area (Å²) in [5, 5.41) is 18.1. The summed E-state index contributed by atoms with van der Waals surface area (Å²) in [6, 6.07) is 4.01. The van der Waals surface area contributed by atoms with Crippen LogP contribution < -0.4 is 0 Å². The molecule has 0 spiro atoms. The maximum atomic E-state index is 10.4. The molecule has 0 aliphatic heterocycles. The topological polar surface area (TPSA) is 89.6 Å². The molecule has 1 heterocycles. The van der Waals surface area contributed by atoms with Crippen LogP contribution in [0.4, 0.5) is 0 Å². The van der Waals surface area contributed by atoms with Gasteiger partial charge in [0.1, 0.15) is 5.84 Å². The number of aliphatic carboxylic acids is 1. The summed E-state index contributed by atoms with van der Waals surface area (Å²) in [6.45, 7) is 2.45.